The van der Waals surface area contributed by atoms with Crippen LogP contribution in [0.2, 0.25) is 0 Å². The van der Waals surface area contributed by atoms with Crippen LogP contribution >= 0.6 is 11.3 Å². The van der Waals surface area contributed by atoms with E-state index in [9.17, 15) is 8.78 Å². The van der Waals surface area contributed by atoms with Gasteiger partial charge in [0.15, 0.2) is 17.4 Å². The van der Waals surface area contributed by atoms with Crippen LogP contribution in [0, 0.1) is 11.6 Å². The van der Waals surface area contributed by atoms with E-state index in [-0.39, 0.29) is 11.6 Å². The first kappa shape index (κ1) is 14.7. The molecule has 0 aliphatic heterocycles. The van der Waals surface area contributed by atoms with Crippen molar-refractivity contribution in [3.05, 3.63) is 71.6 Å². The smallest absolute Gasteiger partial charge is 0.241 e. The second-order valence-electron chi connectivity index (χ2n) is 5.03. The highest BCUT2D eigenvalue weighted by molar-refractivity contribution is 7.17. The van der Waals surface area contributed by atoms with Gasteiger partial charge in [0.2, 0.25) is 5.88 Å². The lowest BCUT2D eigenvalue weighted by molar-refractivity contribution is 0.429. The molecule has 0 amide bonds. The monoisotopic (exact) mass is 340 g/mol. The minimum Gasteiger partial charge on any atom is -0.434 e. The van der Waals surface area contributed by atoms with E-state index in [0.29, 0.717) is 16.0 Å². The van der Waals surface area contributed by atoms with Gasteiger partial charge in [0, 0.05) is 11.6 Å². The van der Waals surface area contributed by atoms with Gasteiger partial charge in [0.25, 0.3) is 0 Å². The van der Waals surface area contributed by atoms with Gasteiger partial charge in [-0.3, -0.25) is 0 Å². The van der Waals surface area contributed by atoms with E-state index in [4.69, 9.17) is 4.74 Å². The van der Waals surface area contributed by atoms with Gasteiger partial charge in [-0.2, -0.15) is 4.98 Å². The summed E-state index contributed by atoms with van der Waals surface area (Å²) in [5.74, 6) is -0.782. The SMILES string of the molecule is Fc1ccc(Oc2nc(-c3ccccc3)nc3ccsc23)c(F)c1. The zero-order chi connectivity index (χ0) is 16.5. The molecular weight excluding hydrogens is 330 g/mol. The molecule has 0 aliphatic rings. The Hall–Kier alpha value is -2.86. The van der Waals surface area contributed by atoms with Crippen molar-refractivity contribution in [3.63, 3.8) is 0 Å². The van der Waals surface area contributed by atoms with E-state index in [1.165, 1.54) is 17.4 Å². The van der Waals surface area contributed by atoms with Gasteiger partial charge >= 0.3 is 0 Å². The first-order valence-electron chi connectivity index (χ1n) is 7.14. The molecule has 0 saturated heterocycles. The molecule has 3 nitrogen and oxygen atoms in total. The lowest BCUT2D eigenvalue weighted by atomic mass is 10.2. The molecule has 0 saturated carbocycles. The second kappa shape index (κ2) is 5.98. The first-order valence-corrected chi connectivity index (χ1v) is 8.02. The minimum atomic E-state index is -0.778. The number of nitrogens with zero attached hydrogens (tertiary/aromatic N) is 2. The summed E-state index contributed by atoms with van der Waals surface area (Å²) in [6, 6.07) is 14.5. The fourth-order valence-electron chi connectivity index (χ4n) is 2.28. The van der Waals surface area contributed by atoms with Crippen LogP contribution in [0.25, 0.3) is 21.6 Å². The van der Waals surface area contributed by atoms with Crippen LogP contribution in [0.1, 0.15) is 0 Å². The highest BCUT2D eigenvalue weighted by Crippen LogP contribution is 2.34. The molecule has 24 heavy (non-hydrogen) atoms. The zero-order valence-corrected chi connectivity index (χ0v) is 13.1. The Morgan fingerprint density at radius 1 is 0.917 bits per heavy atom. The molecule has 0 aliphatic carbocycles. The van der Waals surface area contributed by atoms with Gasteiger partial charge in [0.05, 0.1) is 5.52 Å². The van der Waals surface area contributed by atoms with Crippen molar-refractivity contribution in [2.24, 2.45) is 0 Å². The second-order valence-corrected chi connectivity index (χ2v) is 5.95. The Balaban J connectivity index is 1.83. The molecule has 0 N–H and O–H groups in total. The summed E-state index contributed by atoms with van der Waals surface area (Å²) in [6.07, 6.45) is 0. The van der Waals surface area contributed by atoms with Crippen molar-refractivity contribution in [2.75, 3.05) is 0 Å². The summed E-state index contributed by atoms with van der Waals surface area (Å²) in [4.78, 5) is 8.93. The molecule has 0 radical (unpaired) electrons. The highest BCUT2D eigenvalue weighted by Gasteiger charge is 2.14. The number of ether oxygens (including phenoxy) is 1. The van der Waals surface area contributed by atoms with E-state index in [0.717, 1.165) is 17.7 Å². The number of benzene rings is 2. The number of thiophene rings is 1. The van der Waals surface area contributed by atoms with Gasteiger partial charge in [0.1, 0.15) is 10.5 Å². The van der Waals surface area contributed by atoms with Crippen LogP contribution in [0.5, 0.6) is 11.6 Å². The molecule has 2 heterocycles. The van der Waals surface area contributed by atoms with Gasteiger partial charge in [-0.1, -0.05) is 30.3 Å². The number of rotatable bonds is 3. The maximum atomic E-state index is 13.9. The van der Waals surface area contributed by atoms with Crippen molar-refractivity contribution in [1.29, 1.82) is 0 Å². The topological polar surface area (TPSA) is 35.0 Å². The average Bonchev–Trinajstić information content (AvgIpc) is 3.07. The van der Waals surface area contributed by atoms with Gasteiger partial charge in [-0.25, -0.2) is 13.8 Å². The summed E-state index contributed by atoms with van der Waals surface area (Å²) >= 11 is 1.40. The van der Waals surface area contributed by atoms with E-state index >= 15 is 0 Å². The lowest BCUT2D eigenvalue weighted by Gasteiger charge is -2.09. The van der Waals surface area contributed by atoms with Crippen molar-refractivity contribution in [2.45, 2.75) is 0 Å². The summed E-state index contributed by atoms with van der Waals surface area (Å²) < 4.78 is 33.3. The summed E-state index contributed by atoms with van der Waals surface area (Å²) in [7, 11) is 0. The summed E-state index contributed by atoms with van der Waals surface area (Å²) in [6.45, 7) is 0. The number of halogens is 2. The number of fused-ring (bicyclic) bond motifs is 1. The molecule has 6 heteroatoms. The van der Waals surface area contributed by atoms with E-state index in [1.807, 2.05) is 41.8 Å². The normalized spacial score (nSPS) is 10.9. The number of hydrogen-bond donors (Lipinski definition) is 0. The Kier molecular flexibility index (Phi) is 3.66. The predicted molar refractivity (Wildman–Crippen MR) is 89.3 cm³/mol. The fourth-order valence-corrected chi connectivity index (χ4v) is 3.04. The maximum Gasteiger partial charge on any atom is 0.241 e. The van der Waals surface area contributed by atoms with Gasteiger partial charge in [-0.05, 0) is 23.6 Å². The summed E-state index contributed by atoms with van der Waals surface area (Å²) in [5.41, 5.74) is 1.54. The Bertz CT molecular complexity index is 1020. The third kappa shape index (κ3) is 2.72. The standard InChI is InChI=1S/C18H10F2N2OS/c19-12-6-7-15(13(20)10-12)23-18-16-14(8-9-24-16)21-17(22-18)11-4-2-1-3-5-11/h1-10H. The molecule has 0 unspecified atom stereocenters. The molecule has 0 atom stereocenters. The molecule has 2 aromatic heterocycles. The van der Waals surface area contributed by atoms with Crippen molar-refractivity contribution < 1.29 is 13.5 Å². The maximum absolute atomic E-state index is 13.9. The van der Waals surface area contributed by atoms with Crippen molar-refractivity contribution >= 4 is 21.6 Å². The zero-order valence-electron chi connectivity index (χ0n) is 12.2. The van der Waals surface area contributed by atoms with E-state index < -0.39 is 11.6 Å². The molecule has 2 aromatic carbocycles. The number of aromatic nitrogens is 2. The largest absolute Gasteiger partial charge is 0.434 e. The van der Waals surface area contributed by atoms with Crippen LogP contribution in [0.15, 0.2) is 60.0 Å². The Morgan fingerprint density at radius 2 is 1.75 bits per heavy atom. The van der Waals surface area contributed by atoms with E-state index in [1.54, 1.807) is 0 Å². The van der Waals surface area contributed by atoms with Crippen LogP contribution in [-0.4, -0.2) is 9.97 Å². The molecule has 0 fully saturated rings. The quantitative estimate of drug-likeness (QED) is 0.499. The van der Waals surface area contributed by atoms with Crippen LogP contribution in [0.4, 0.5) is 8.78 Å². The third-order valence-corrected chi connectivity index (χ3v) is 4.30. The Labute approximate surface area is 140 Å². The fraction of sp³-hybridized carbons (Fsp3) is 0. The van der Waals surface area contributed by atoms with Crippen LogP contribution < -0.4 is 4.74 Å². The predicted octanol–water partition coefficient (Wildman–Crippen LogP) is 5.43. The summed E-state index contributed by atoms with van der Waals surface area (Å²) in [5, 5.41) is 1.86. The lowest BCUT2D eigenvalue weighted by Crippen LogP contribution is -1.96. The molecule has 0 spiro atoms. The van der Waals surface area contributed by atoms with Crippen LogP contribution in [0.3, 0.4) is 0 Å². The number of hydrogen-bond acceptors (Lipinski definition) is 4. The van der Waals surface area contributed by atoms with Crippen molar-refractivity contribution in [1.82, 2.24) is 9.97 Å². The van der Waals surface area contributed by atoms with Crippen molar-refractivity contribution in [3.8, 4) is 23.0 Å². The van der Waals surface area contributed by atoms with Gasteiger partial charge < -0.3 is 4.74 Å². The molecule has 0 bridgehead atoms. The molecule has 4 rings (SSSR count). The first-order chi connectivity index (χ1) is 11.7. The minimum absolute atomic E-state index is 0.0798. The van der Waals surface area contributed by atoms with Crippen LogP contribution in [-0.2, 0) is 0 Å². The van der Waals surface area contributed by atoms with Gasteiger partial charge in [-0.15, -0.1) is 11.3 Å². The van der Waals surface area contributed by atoms with E-state index in [2.05, 4.69) is 9.97 Å². The molecule has 4 aromatic rings. The highest BCUT2D eigenvalue weighted by atomic mass is 32.1. The Morgan fingerprint density at radius 3 is 2.54 bits per heavy atom. The average molecular weight is 340 g/mol. The molecule has 118 valence electrons. The third-order valence-electron chi connectivity index (χ3n) is 3.41. The molecular formula is C18H10F2N2OS.